The Balaban J connectivity index is 1.32. The van der Waals surface area contributed by atoms with Crippen LogP contribution in [-0.4, -0.2) is 60.0 Å². The molecule has 0 atom stereocenters. The van der Waals surface area contributed by atoms with E-state index in [-0.39, 0.29) is 5.91 Å². The second-order valence-electron chi connectivity index (χ2n) is 8.64. The number of hydrogen-bond acceptors (Lipinski definition) is 4. The highest BCUT2D eigenvalue weighted by Gasteiger charge is 2.25. The van der Waals surface area contributed by atoms with Crippen LogP contribution in [0.4, 0.5) is 5.82 Å². The summed E-state index contributed by atoms with van der Waals surface area (Å²) in [7, 11) is 0. The highest BCUT2D eigenvalue weighted by atomic mass is 16.2. The smallest absolute Gasteiger partial charge is 0.256 e. The molecular formula is C26H30N4O. The van der Waals surface area contributed by atoms with Crippen molar-refractivity contribution in [2.24, 2.45) is 0 Å². The molecule has 2 saturated heterocycles. The van der Waals surface area contributed by atoms with Crippen molar-refractivity contribution < 1.29 is 4.79 Å². The summed E-state index contributed by atoms with van der Waals surface area (Å²) >= 11 is 0. The topological polar surface area (TPSA) is 39.7 Å². The molecule has 160 valence electrons. The zero-order chi connectivity index (χ0) is 21.0. The van der Waals surface area contributed by atoms with Crippen LogP contribution in [0.2, 0.25) is 0 Å². The van der Waals surface area contributed by atoms with Gasteiger partial charge >= 0.3 is 0 Å². The average Bonchev–Trinajstić information content (AvgIpc) is 2.85. The summed E-state index contributed by atoms with van der Waals surface area (Å²) in [4.78, 5) is 25.0. The van der Waals surface area contributed by atoms with E-state index in [1.165, 1.54) is 24.8 Å². The summed E-state index contributed by atoms with van der Waals surface area (Å²) in [5.41, 5.74) is 2.05. The van der Waals surface area contributed by atoms with Crippen LogP contribution in [0.5, 0.6) is 0 Å². The minimum Gasteiger partial charge on any atom is -0.356 e. The number of amides is 1. The van der Waals surface area contributed by atoms with Crippen LogP contribution >= 0.6 is 0 Å². The molecule has 2 aliphatic heterocycles. The Labute approximate surface area is 184 Å². The van der Waals surface area contributed by atoms with E-state index < -0.39 is 0 Å². The lowest BCUT2D eigenvalue weighted by Gasteiger charge is -2.35. The maximum absolute atomic E-state index is 13.4. The summed E-state index contributed by atoms with van der Waals surface area (Å²) in [6.07, 6.45) is 5.53. The molecule has 5 rings (SSSR count). The van der Waals surface area contributed by atoms with Gasteiger partial charge in [-0.2, -0.15) is 0 Å². The van der Waals surface area contributed by atoms with E-state index in [1.54, 1.807) is 0 Å². The van der Waals surface area contributed by atoms with Gasteiger partial charge in [0.05, 0.1) is 5.56 Å². The maximum atomic E-state index is 13.4. The third kappa shape index (κ3) is 4.28. The van der Waals surface area contributed by atoms with Gasteiger partial charge in [0.25, 0.3) is 5.91 Å². The summed E-state index contributed by atoms with van der Waals surface area (Å²) in [6.45, 7) is 6.36. The second-order valence-corrected chi connectivity index (χ2v) is 8.64. The average molecular weight is 415 g/mol. The number of pyridine rings is 1. The largest absolute Gasteiger partial charge is 0.356 e. The van der Waals surface area contributed by atoms with Crippen molar-refractivity contribution in [3.05, 3.63) is 71.9 Å². The predicted octanol–water partition coefficient (Wildman–Crippen LogP) is 4.18. The first-order valence-corrected chi connectivity index (χ1v) is 11.5. The molecule has 2 fully saturated rings. The fourth-order valence-electron chi connectivity index (χ4n) is 4.83. The molecule has 0 radical (unpaired) electrons. The van der Waals surface area contributed by atoms with Gasteiger partial charge in [0.2, 0.25) is 0 Å². The Hall–Kier alpha value is -2.92. The molecule has 0 unspecified atom stereocenters. The number of piperazine rings is 1. The van der Waals surface area contributed by atoms with Crippen molar-refractivity contribution in [1.82, 2.24) is 14.8 Å². The van der Waals surface area contributed by atoms with Gasteiger partial charge in [0, 0.05) is 57.4 Å². The number of rotatable bonds is 4. The highest BCUT2D eigenvalue weighted by Crippen LogP contribution is 2.30. The molecule has 2 aromatic carbocycles. The number of benzene rings is 2. The van der Waals surface area contributed by atoms with E-state index in [1.807, 2.05) is 23.2 Å². The lowest BCUT2D eigenvalue weighted by molar-refractivity contribution is 0.0630. The lowest BCUT2D eigenvalue weighted by atomic mass is 10.0. The number of carbonyl (C=O) groups is 1. The van der Waals surface area contributed by atoms with E-state index in [0.29, 0.717) is 0 Å². The molecule has 0 spiro atoms. The maximum Gasteiger partial charge on any atom is 0.256 e. The molecule has 1 aromatic heterocycles. The van der Waals surface area contributed by atoms with Gasteiger partial charge in [-0.25, -0.2) is 4.98 Å². The van der Waals surface area contributed by atoms with E-state index in [4.69, 9.17) is 4.98 Å². The normalized spacial score (nSPS) is 17.8. The van der Waals surface area contributed by atoms with E-state index in [0.717, 1.165) is 68.0 Å². The van der Waals surface area contributed by atoms with E-state index >= 15 is 0 Å². The number of nitrogens with zero attached hydrogens (tertiary/aromatic N) is 4. The van der Waals surface area contributed by atoms with Gasteiger partial charge < -0.3 is 9.80 Å². The lowest BCUT2D eigenvalue weighted by Crippen LogP contribution is -2.48. The molecule has 31 heavy (non-hydrogen) atoms. The summed E-state index contributed by atoms with van der Waals surface area (Å²) < 4.78 is 0. The number of aromatic nitrogens is 1. The van der Waals surface area contributed by atoms with Crippen LogP contribution in [0.1, 0.15) is 35.2 Å². The number of anilines is 1. The standard InChI is InChI=1S/C26H30N4O/c31-26(30-17-15-28(16-18-30)20-21-9-3-1-4-10-21)24-19-27-25(29-13-7-2-8-14-29)23-12-6-5-11-22(23)24/h1,3-6,9-12,19H,2,7-8,13-18,20H2. The molecule has 3 aromatic rings. The summed E-state index contributed by atoms with van der Waals surface area (Å²) in [5.74, 6) is 1.13. The SMILES string of the molecule is O=C(c1cnc(N2CCCCC2)c2ccccc12)N1CCN(Cc2ccccc2)CC1. The predicted molar refractivity (Wildman–Crippen MR) is 125 cm³/mol. The minimum absolute atomic E-state index is 0.105. The molecular weight excluding hydrogens is 384 g/mol. The Morgan fingerprint density at radius 2 is 1.45 bits per heavy atom. The zero-order valence-electron chi connectivity index (χ0n) is 18.0. The van der Waals surface area contributed by atoms with Crippen LogP contribution in [0.3, 0.4) is 0 Å². The molecule has 5 nitrogen and oxygen atoms in total. The van der Waals surface area contributed by atoms with Crippen molar-refractivity contribution in [3.8, 4) is 0 Å². The summed E-state index contributed by atoms with van der Waals surface area (Å²) in [5, 5.41) is 2.12. The Morgan fingerprint density at radius 3 is 2.19 bits per heavy atom. The minimum atomic E-state index is 0.105. The zero-order valence-corrected chi connectivity index (χ0v) is 18.0. The Bertz CT molecular complexity index is 1040. The third-order valence-electron chi connectivity index (χ3n) is 6.57. The molecule has 0 N–H and O–H groups in total. The van der Waals surface area contributed by atoms with Gasteiger partial charge in [-0.15, -0.1) is 0 Å². The van der Waals surface area contributed by atoms with E-state index in [2.05, 4.69) is 52.3 Å². The summed E-state index contributed by atoms with van der Waals surface area (Å²) in [6, 6.07) is 18.8. The number of carbonyl (C=O) groups excluding carboxylic acids is 1. The Kier molecular flexibility index (Phi) is 5.85. The van der Waals surface area contributed by atoms with Crippen molar-refractivity contribution in [2.75, 3.05) is 44.2 Å². The van der Waals surface area contributed by atoms with Crippen LogP contribution in [-0.2, 0) is 6.54 Å². The first-order valence-electron chi connectivity index (χ1n) is 11.5. The monoisotopic (exact) mass is 414 g/mol. The number of piperidine rings is 1. The molecule has 0 bridgehead atoms. The fraction of sp³-hybridized carbons (Fsp3) is 0.385. The number of fused-ring (bicyclic) bond motifs is 1. The van der Waals surface area contributed by atoms with Gasteiger partial charge in [-0.05, 0) is 30.2 Å². The Morgan fingerprint density at radius 1 is 0.774 bits per heavy atom. The van der Waals surface area contributed by atoms with Crippen molar-refractivity contribution in [1.29, 1.82) is 0 Å². The van der Waals surface area contributed by atoms with E-state index in [9.17, 15) is 4.79 Å². The van der Waals surface area contributed by atoms with Gasteiger partial charge in [0.15, 0.2) is 0 Å². The third-order valence-corrected chi connectivity index (χ3v) is 6.57. The van der Waals surface area contributed by atoms with Crippen molar-refractivity contribution in [2.45, 2.75) is 25.8 Å². The fourth-order valence-corrected chi connectivity index (χ4v) is 4.83. The molecule has 1 amide bonds. The molecule has 5 heteroatoms. The quantitative estimate of drug-likeness (QED) is 0.642. The van der Waals surface area contributed by atoms with Crippen LogP contribution in [0.15, 0.2) is 60.8 Å². The van der Waals surface area contributed by atoms with Crippen molar-refractivity contribution in [3.63, 3.8) is 0 Å². The number of hydrogen-bond donors (Lipinski definition) is 0. The van der Waals surface area contributed by atoms with Gasteiger partial charge in [-0.1, -0.05) is 54.6 Å². The molecule has 0 saturated carbocycles. The van der Waals surface area contributed by atoms with Gasteiger partial charge in [0.1, 0.15) is 5.82 Å². The second kappa shape index (κ2) is 9.06. The first-order chi connectivity index (χ1) is 15.3. The van der Waals surface area contributed by atoms with Crippen LogP contribution < -0.4 is 4.90 Å². The van der Waals surface area contributed by atoms with Crippen LogP contribution in [0.25, 0.3) is 10.8 Å². The van der Waals surface area contributed by atoms with Gasteiger partial charge in [-0.3, -0.25) is 9.69 Å². The van der Waals surface area contributed by atoms with Crippen LogP contribution in [0, 0.1) is 0 Å². The molecule has 3 heterocycles. The molecule has 0 aliphatic carbocycles. The first kappa shape index (κ1) is 20.0. The molecule has 2 aliphatic rings. The van der Waals surface area contributed by atoms with Crippen molar-refractivity contribution >= 4 is 22.5 Å². The highest BCUT2D eigenvalue weighted by molar-refractivity contribution is 6.09.